The highest BCUT2D eigenvalue weighted by Gasteiger charge is 2.32. The van der Waals surface area contributed by atoms with E-state index in [1.54, 1.807) is 18.3 Å². The topological polar surface area (TPSA) is 95.5 Å². The van der Waals surface area contributed by atoms with E-state index in [9.17, 15) is 14.4 Å². The molecular formula is C32H36FN5O2. The van der Waals surface area contributed by atoms with Gasteiger partial charge in [0.05, 0.1) is 12.1 Å². The number of carbonyl (C=O) groups excluding carboxylic acids is 1. The number of ether oxygens (including phenoxy) is 1. The van der Waals surface area contributed by atoms with Gasteiger partial charge < -0.3 is 15.4 Å². The lowest BCUT2D eigenvalue weighted by atomic mass is 10.0. The van der Waals surface area contributed by atoms with E-state index in [0.717, 1.165) is 31.6 Å². The Hall–Kier alpha value is -3.80. The molecule has 40 heavy (non-hydrogen) atoms. The van der Waals surface area contributed by atoms with Crippen LogP contribution < -0.4 is 10.5 Å². The summed E-state index contributed by atoms with van der Waals surface area (Å²) in [4.78, 5) is 21.0. The molecular weight excluding hydrogens is 505 g/mol. The molecule has 0 saturated carbocycles. The molecule has 8 heteroatoms. The fourth-order valence-electron chi connectivity index (χ4n) is 5.38. The summed E-state index contributed by atoms with van der Waals surface area (Å²) in [6, 6.07) is 18.2. The highest BCUT2D eigenvalue weighted by molar-refractivity contribution is 5.83. The van der Waals surface area contributed by atoms with Crippen molar-refractivity contribution in [3.63, 3.8) is 0 Å². The molecule has 0 bridgehead atoms. The number of hydrogen-bond acceptors (Lipinski definition) is 6. The number of halogens is 1. The van der Waals surface area contributed by atoms with E-state index in [1.807, 2.05) is 12.1 Å². The summed E-state index contributed by atoms with van der Waals surface area (Å²) in [6.07, 6.45) is 3.29. The number of nitriles is 1. The number of nitrogens with two attached hydrogens (primary N) is 1. The third kappa shape index (κ3) is 6.33. The van der Waals surface area contributed by atoms with Crippen molar-refractivity contribution in [2.45, 2.75) is 63.8 Å². The maximum atomic E-state index is 14.9. The number of rotatable bonds is 9. The predicted octanol–water partition coefficient (Wildman–Crippen LogP) is 4.66. The van der Waals surface area contributed by atoms with Crippen molar-refractivity contribution in [3.8, 4) is 23.1 Å². The molecule has 3 aromatic rings. The number of hydrogen-bond donors (Lipinski definition) is 1. The summed E-state index contributed by atoms with van der Waals surface area (Å²) in [6.45, 7) is 7.53. The minimum Gasteiger partial charge on any atom is -0.472 e. The van der Waals surface area contributed by atoms with Crippen molar-refractivity contribution in [1.82, 2.24) is 14.8 Å². The average Bonchev–Trinajstić information content (AvgIpc) is 3.42. The molecule has 0 aliphatic carbocycles. The SMILES string of the molecule is CC(C)c1ccc(CN2CC(Oc3ccc(-c4ccc(C[C@H](N)C(=O)N5CCC[C@H]5C#N)c(F)c4)cn3)C2)cc1. The van der Waals surface area contributed by atoms with Crippen molar-refractivity contribution in [2.24, 2.45) is 5.73 Å². The van der Waals surface area contributed by atoms with Crippen molar-refractivity contribution >= 4 is 5.91 Å². The van der Waals surface area contributed by atoms with Crippen LogP contribution in [0, 0.1) is 17.1 Å². The standard InChI is InChI=1S/C32H36FN5O2/c1-21(2)23-7-5-22(6-8-23)18-37-19-28(20-37)40-31-12-11-26(17-36-31)24-9-10-25(29(33)14-24)15-30(35)32(39)38-13-3-4-27(38)16-34/h5-12,14,17,21,27-28,30H,3-4,13,15,18-20,35H2,1-2H3/t27-,30-/m0/s1. The first kappa shape index (κ1) is 27.8. The van der Waals surface area contributed by atoms with Gasteiger partial charge in [-0.3, -0.25) is 9.69 Å². The van der Waals surface area contributed by atoms with E-state index in [0.29, 0.717) is 35.9 Å². The highest BCUT2D eigenvalue weighted by Crippen LogP contribution is 2.26. The first-order valence-electron chi connectivity index (χ1n) is 14.0. The second-order valence-electron chi connectivity index (χ2n) is 11.2. The summed E-state index contributed by atoms with van der Waals surface area (Å²) in [5.74, 6) is 0.359. The molecule has 2 fully saturated rings. The molecule has 0 radical (unpaired) electrons. The summed E-state index contributed by atoms with van der Waals surface area (Å²) in [5.41, 5.74) is 10.6. The Bertz CT molecular complexity index is 1360. The van der Waals surface area contributed by atoms with Gasteiger partial charge in [0.25, 0.3) is 0 Å². The third-order valence-electron chi connectivity index (χ3n) is 7.83. The van der Waals surface area contributed by atoms with Crippen LogP contribution >= 0.6 is 0 Å². The molecule has 5 rings (SSSR count). The van der Waals surface area contributed by atoms with Gasteiger partial charge in [0.15, 0.2) is 0 Å². The molecule has 2 saturated heterocycles. The molecule has 7 nitrogen and oxygen atoms in total. The first-order chi connectivity index (χ1) is 19.3. The Morgan fingerprint density at radius 1 is 1.15 bits per heavy atom. The van der Waals surface area contributed by atoms with Crippen LogP contribution in [0.2, 0.25) is 0 Å². The quantitative estimate of drug-likeness (QED) is 0.424. The predicted molar refractivity (Wildman–Crippen MR) is 152 cm³/mol. The van der Waals surface area contributed by atoms with Crippen LogP contribution in [0.1, 0.15) is 49.3 Å². The summed E-state index contributed by atoms with van der Waals surface area (Å²) < 4.78 is 21.0. The van der Waals surface area contributed by atoms with Crippen LogP contribution in [-0.2, 0) is 17.8 Å². The second kappa shape index (κ2) is 12.2. The van der Waals surface area contributed by atoms with Crippen molar-refractivity contribution < 1.29 is 13.9 Å². The van der Waals surface area contributed by atoms with Crippen LogP contribution in [0.25, 0.3) is 11.1 Å². The number of amides is 1. The zero-order valence-electron chi connectivity index (χ0n) is 23.1. The van der Waals surface area contributed by atoms with Crippen LogP contribution in [0.5, 0.6) is 5.88 Å². The Kier molecular flexibility index (Phi) is 8.43. The highest BCUT2D eigenvalue weighted by atomic mass is 19.1. The van der Waals surface area contributed by atoms with Crippen molar-refractivity contribution in [2.75, 3.05) is 19.6 Å². The van der Waals surface area contributed by atoms with E-state index in [-0.39, 0.29) is 18.4 Å². The molecule has 2 N–H and O–H groups in total. The van der Waals surface area contributed by atoms with Crippen LogP contribution in [0.4, 0.5) is 4.39 Å². The molecule has 1 aromatic heterocycles. The largest absolute Gasteiger partial charge is 0.472 e. The maximum absolute atomic E-state index is 14.9. The van der Waals surface area contributed by atoms with Crippen molar-refractivity contribution in [3.05, 3.63) is 83.3 Å². The minimum absolute atomic E-state index is 0.0757. The average molecular weight is 542 g/mol. The van der Waals surface area contributed by atoms with Gasteiger partial charge in [-0.2, -0.15) is 5.26 Å². The van der Waals surface area contributed by atoms with Gasteiger partial charge in [0.2, 0.25) is 11.8 Å². The third-order valence-corrected chi connectivity index (χ3v) is 7.83. The monoisotopic (exact) mass is 541 g/mol. The van der Waals surface area contributed by atoms with Gasteiger partial charge in [-0.05, 0) is 59.6 Å². The Morgan fingerprint density at radius 3 is 2.55 bits per heavy atom. The summed E-state index contributed by atoms with van der Waals surface area (Å²) >= 11 is 0. The zero-order chi connectivity index (χ0) is 28.2. The Labute approximate surface area is 235 Å². The van der Waals surface area contributed by atoms with Gasteiger partial charge in [0, 0.05) is 44.0 Å². The number of likely N-dealkylation sites (tertiary alicyclic amines) is 2. The number of carbonyl (C=O) groups is 1. The van der Waals surface area contributed by atoms with Crippen LogP contribution in [-0.4, -0.2) is 58.5 Å². The lowest BCUT2D eigenvalue weighted by Gasteiger charge is -2.38. The van der Waals surface area contributed by atoms with E-state index in [2.05, 4.69) is 54.1 Å². The summed E-state index contributed by atoms with van der Waals surface area (Å²) in [7, 11) is 0. The van der Waals surface area contributed by atoms with Gasteiger partial charge in [-0.15, -0.1) is 0 Å². The Morgan fingerprint density at radius 2 is 1.90 bits per heavy atom. The zero-order valence-corrected chi connectivity index (χ0v) is 23.1. The lowest BCUT2D eigenvalue weighted by Crippen LogP contribution is -2.53. The molecule has 2 aromatic carbocycles. The Balaban J connectivity index is 1.11. The molecule has 0 spiro atoms. The first-order valence-corrected chi connectivity index (χ1v) is 14.0. The van der Waals surface area contributed by atoms with E-state index in [4.69, 9.17) is 10.5 Å². The van der Waals surface area contributed by atoms with Crippen LogP contribution in [0.15, 0.2) is 60.8 Å². The fourth-order valence-corrected chi connectivity index (χ4v) is 5.38. The molecule has 1 amide bonds. The molecule has 208 valence electrons. The fraction of sp³-hybridized carbons (Fsp3) is 0.406. The number of pyridine rings is 1. The molecule has 3 heterocycles. The molecule has 0 unspecified atom stereocenters. The van der Waals surface area contributed by atoms with Gasteiger partial charge >= 0.3 is 0 Å². The maximum Gasteiger partial charge on any atom is 0.240 e. The summed E-state index contributed by atoms with van der Waals surface area (Å²) in [5, 5.41) is 9.24. The molecule has 2 aliphatic heterocycles. The number of aromatic nitrogens is 1. The van der Waals surface area contributed by atoms with Crippen molar-refractivity contribution in [1.29, 1.82) is 5.26 Å². The molecule has 2 aliphatic rings. The van der Waals surface area contributed by atoms with Gasteiger partial charge in [0.1, 0.15) is 18.0 Å². The van der Waals surface area contributed by atoms with E-state index in [1.165, 1.54) is 22.1 Å². The van der Waals surface area contributed by atoms with E-state index >= 15 is 0 Å². The van der Waals surface area contributed by atoms with Crippen LogP contribution in [0.3, 0.4) is 0 Å². The smallest absolute Gasteiger partial charge is 0.240 e. The van der Waals surface area contributed by atoms with Gasteiger partial charge in [-0.1, -0.05) is 50.2 Å². The second-order valence-corrected chi connectivity index (χ2v) is 11.2. The number of benzene rings is 2. The minimum atomic E-state index is -0.889. The molecule has 2 atom stereocenters. The number of nitrogens with zero attached hydrogens (tertiary/aromatic N) is 4. The van der Waals surface area contributed by atoms with Gasteiger partial charge in [-0.25, -0.2) is 9.37 Å². The normalized spacial score (nSPS) is 18.4. The van der Waals surface area contributed by atoms with E-state index < -0.39 is 17.9 Å². The lowest BCUT2D eigenvalue weighted by molar-refractivity contribution is -0.132.